The highest BCUT2D eigenvalue weighted by atomic mass is 79.9. The lowest BCUT2D eigenvalue weighted by molar-refractivity contribution is -0.136. The van der Waals surface area contributed by atoms with Crippen LogP contribution in [-0.4, -0.2) is 37.5 Å². The molecular formula is C30H25BrN2O6S. The normalized spacial score (nSPS) is 11.1. The van der Waals surface area contributed by atoms with Crippen LogP contribution in [0.2, 0.25) is 0 Å². The van der Waals surface area contributed by atoms with Gasteiger partial charge in [-0.05, 0) is 60.5 Å². The number of carboxylic acids is 1. The number of fused-ring (bicyclic) bond motifs is 2. The summed E-state index contributed by atoms with van der Waals surface area (Å²) in [6, 6.07) is 26.3. The molecule has 0 saturated heterocycles. The van der Waals surface area contributed by atoms with Gasteiger partial charge in [-0.25, -0.2) is 13.4 Å². The number of ether oxygens (including phenoxy) is 1. The number of pyridine rings is 1. The van der Waals surface area contributed by atoms with Crippen molar-refractivity contribution in [1.29, 1.82) is 0 Å². The minimum atomic E-state index is -4.40. The fourth-order valence-electron chi connectivity index (χ4n) is 4.44. The zero-order chi connectivity index (χ0) is 27.6. The second kappa shape index (κ2) is 11.8. The van der Waals surface area contributed by atoms with Crippen LogP contribution >= 0.6 is 17.0 Å². The number of methoxy groups -OCH3 is 1. The number of rotatable bonds is 8. The van der Waals surface area contributed by atoms with E-state index >= 15 is 0 Å². The molecule has 0 radical (unpaired) electrons. The lowest BCUT2D eigenvalue weighted by Crippen LogP contribution is -2.37. The van der Waals surface area contributed by atoms with Gasteiger partial charge in [-0.3, -0.25) is 9.59 Å². The van der Waals surface area contributed by atoms with Gasteiger partial charge in [0.1, 0.15) is 5.75 Å². The maximum Gasteiger partial charge on any atom is 0.303 e. The summed E-state index contributed by atoms with van der Waals surface area (Å²) in [7, 11) is -2.90. The fourth-order valence-corrected chi connectivity index (χ4v) is 5.84. The number of anilines is 1. The summed E-state index contributed by atoms with van der Waals surface area (Å²) >= 11 is 0. The highest BCUT2D eigenvalue weighted by Gasteiger charge is 2.34. The van der Waals surface area contributed by atoms with Crippen LogP contribution in [0, 0.1) is 0 Å². The van der Waals surface area contributed by atoms with E-state index in [1.54, 1.807) is 60.7 Å². The first-order chi connectivity index (χ1) is 18.8. The van der Waals surface area contributed by atoms with Crippen molar-refractivity contribution >= 4 is 66.4 Å². The molecule has 204 valence electrons. The predicted octanol–water partition coefficient (Wildman–Crippen LogP) is 6.03. The van der Waals surface area contributed by atoms with Gasteiger partial charge >= 0.3 is 5.97 Å². The monoisotopic (exact) mass is 620 g/mol. The minimum Gasteiger partial charge on any atom is -0.497 e. The summed E-state index contributed by atoms with van der Waals surface area (Å²) < 4.78 is 34.3. The summed E-state index contributed by atoms with van der Waals surface area (Å²) in [5.74, 6) is -1.17. The number of carbonyl (C=O) groups excluding carboxylic acids is 1. The number of benzene rings is 4. The average Bonchev–Trinajstić information content (AvgIpc) is 2.95. The van der Waals surface area contributed by atoms with Crippen molar-refractivity contribution in [3.8, 4) is 5.75 Å². The standard InChI is InChI=1S/C30H24N2O6S.BrH/c1-38-22-15-13-21(14-16-22)32(39(36,37)23-17-10-20(11-18-23)12-19-28(33)34)30(35)29-24-6-2-4-8-26(24)31-27-9-5-3-7-25(27)29;/h2-11,13-18H,12,19H2,1H3,(H,33,34);1H. The van der Waals surface area contributed by atoms with E-state index in [1.807, 2.05) is 12.1 Å². The van der Waals surface area contributed by atoms with E-state index in [-0.39, 0.29) is 46.0 Å². The second-order valence-electron chi connectivity index (χ2n) is 8.83. The van der Waals surface area contributed by atoms with Gasteiger partial charge in [0.15, 0.2) is 0 Å². The van der Waals surface area contributed by atoms with Crippen LogP contribution < -0.4 is 9.04 Å². The molecular weight excluding hydrogens is 596 g/mol. The quantitative estimate of drug-likeness (QED) is 0.211. The molecule has 5 aromatic rings. The second-order valence-corrected chi connectivity index (χ2v) is 10.6. The van der Waals surface area contributed by atoms with Gasteiger partial charge in [-0.1, -0.05) is 48.5 Å². The molecule has 1 N–H and O–H groups in total. The number of sulfonamides is 1. The molecule has 1 heterocycles. The van der Waals surface area contributed by atoms with Crippen molar-refractivity contribution < 1.29 is 27.9 Å². The molecule has 40 heavy (non-hydrogen) atoms. The number of hydrogen-bond donors (Lipinski definition) is 1. The number of carboxylic acid groups (broad SMARTS) is 1. The predicted molar refractivity (Wildman–Crippen MR) is 159 cm³/mol. The van der Waals surface area contributed by atoms with E-state index in [4.69, 9.17) is 9.84 Å². The maximum atomic E-state index is 14.4. The molecule has 5 rings (SSSR count). The van der Waals surface area contributed by atoms with Crippen molar-refractivity contribution in [3.63, 3.8) is 0 Å². The van der Waals surface area contributed by atoms with Crippen LogP contribution in [0.25, 0.3) is 21.8 Å². The molecule has 0 aliphatic carbocycles. The Morgan fingerprint density at radius 2 is 1.38 bits per heavy atom. The summed E-state index contributed by atoms with van der Waals surface area (Å²) in [6.07, 6.45) is 0.177. The molecule has 0 aliphatic rings. The van der Waals surface area contributed by atoms with Crippen molar-refractivity contribution in [1.82, 2.24) is 4.98 Å². The van der Waals surface area contributed by atoms with Gasteiger partial charge in [0.05, 0.1) is 34.3 Å². The molecule has 8 nitrogen and oxygen atoms in total. The van der Waals surface area contributed by atoms with Gasteiger partial charge in [0.2, 0.25) is 0 Å². The number of nitrogens with zero attached hydrogens (tertiary/aromatic N) is 2. The Balaban J connectivity index is 0.00000370. The maximum absolute atomic E-state index is 14.4. The largest absolute Gasteiger partial charge is 0.497 e. The molecule has 1 aromatic heterocycles. The fraction of sp³-hybridized carbons (Fsp3) is 0.100. The van der Waals surface area contributed by atoms with Crippen molar-refractivity contribution in [3.05, 3.63) is 108 Å². The van der Waals surface area contributed by atoms with Crippen LogP contribution in [0.4, 0.5) is 5.69 Å². The molecule has 0 spiro atoms. The number of para-hydroxylation sites is 2. The molecule has 10 heteroatoms. The minimum absolute atomic E-state index is 0. The van der Waals surface area contributed by atoms with Gasteiger partial charge in [0.25, 0.3) is 15.9 Å². The zero-order valence-corrected chi connectivity index (χ0v) is 23.9. The van der Waals surface area contributed by atoms with Crippen LogP contribution in [0.5, 0.6) is 5.75 Å². The summed E-state index contributed by atoms with van der Waals surface area (Å²) in [5, 5.41) is 10.0. The Kier molecular flexibility index (Phi) is 8.51. The third-order valence-corrected chi connectivity index (χ3v) is 8.11. The van der Waals surface area contributed by atoms with E-state index in [2.05, 4.69) is 4.98 Å². The topological polar surface area (TPSA) is 114 Å². The number of halogens is 1. The van der Waals surface area contributed by atoms with Gasteiger partial charge in [-0.2, -0.15) is 4.31 Å². The molecule has 0 saturated carbocycles. The van der Waals surface area contributed by atoms with Gasteiger partial charge in [0, 0.05) is 17.2 Å². The number of aryl methyl sites for hydroxylation is 1. The third kappa shape index (κ3) is 5.54. The summed E-state index contributed by atoms with van der Waals surface area (Å²) in [4.78, 5) is 29.9. The molecule has 4 aromatic carbocycles. The highest BCUT2D eigenvalue weighted by Crippen LogP contribution is 2.33. The van der Waals surface area contributed by atoms with Crippen LogP contribution in [0.15, 0.2) is 102 Å². The van der Waals surface area contributed by atoms with E-state index in [0.29, 0.717) is 33.1 Å². The van der Waals surface area contributed by atoms with Crippen molar-refractivity contribution in [2.45, 2.75) is 17.7 Å². The molecule has 0 aliphatic heterocycles. The third-order valence-electron chi connectivity index (χ3n) is 6.38. The lowest BCUT2D eigenvalue weighted by Gasteiger charge is -2.24. The van der Waals surface area contributed by atoms with Crippen LogP contribution in [0.1, 0.15) is 22.3 Å². The number of carbonyl (C=O) groups is 2. The van der Waals surface area contributed by atoms with Gasteiger partial charge < -0.3 is 9.84 Å². The van der Waals surface area contributed by atoms with Crippen LogP contribution in [0.3, 0.4) is 0 Å². The van der Waals surface area contributed by atoms with Crippen LogP contribution in [-0.2, 0) is 21.2 Å². The Labute approximate surface area is 241 Å². The molecule has 1 amide bonds. The molecule has 0 atom stereocenters. The number of hydrogen-bond acceptors (Lipinski definition) is 6. The van der Waals surface area contributed by atoms with E-state index in [1.165, 1.54) is 31.4 Å². The summed E-state index contributed by atoms with van der Waals surface area (Å²) in [6.45, 7) is 0. The molecule has 0 bridgehead atoms. The zero-order valence-electron chi connectivity index (χ0n) is 21.4. The first-order valence-corrected chi connectivity index (χ1v) is 13.6. The Morgan fingerprint density at radius 3 is 1.90 bits per heavy atom. The molecule has 0 unspecified atom stereocenters. The van der Waals surface area contributed by atoms with E-state index in [9.17, 15) is 18.0 Å². The first kappa shape index (κ1) is 28.7. The lowest BCUT2D eigenvalue weighted by atomic mass is 10.0. The number of aromatic nitrogens is 1. The van der Waals surface area contributed by atoms with Crippen molar-refractivity contribution in [2.75, 3.05) is 11.4 Å². The number of amides is 1. The smallest absolute Gasteiger partial charge is 0.303 e. The van der Waals surface area contributed by atoms with Crippen molar-refractivity contribution in [2.24, 2.45) is 0 Å². The Morgan fingerprint density at radius 1 is 0.825 bits per heavy atom. The highest BCUT2D eigenvalue weighted by molar-refractivity contribution is 8.93. The van der Waals surface area contributed by atoms with E-state index in [0.717, 1.165) is 4.31 Å². The average molecular weight is 622 g/mol. The summed E-state index contributed by atoms with van der Waals surface area (Å²) in [5.41, 5.74) is 2.16. The Hall–Kier alpha value is -4.28. The number of aliphatic carboxylic acids is 1. The van der Waals surface area contributed by atoms with E-state index < -0.39 is 21.9 Å². The molecule has 0 fully saturated rings. The Bertz CT molecular complexity index is 1750. The van der Waals surface area contributed by atoms with Gasteiger partial charge in [-0.15, -0.1) is 17.0 Å². The SMILES string of the molecule is Br.COc1ccc(N(C(=O)c2c3ccccc3nc3ccccc23)S(=O)(=O)c2ccc(CCC(=O)O)cc2)cc1. The first-order valence-electron chi connectivity index (χ1n) is 12.1.